The van der Waals surface area contributed by atoms with Crippen molar-refractivity contribution in [2.24, 2.45) is 0 Å². The van der Waals surface area contributed by atoms with E-state index in [0.29, 0.717) is 0 Å². The number of hydrogen-bond acceptors (Lipinski definition) is 3. The molecule has 0 fully saturated rings. The first-order chi connectivity index (χ1) is 32.3. The van der Waals surface area contributed by atoms with Gasteiger partial charge in [-0.3, -0.25) is 0 Å². The van der Waals surface area contributed by atoms with Gasteiger partial charge >= 0.3 is 0 Å². The van der Waals surface area contributed by atoms with E-state index in [0.717, 1.165) is 83.5 Å². The van der Waals surface area contributed by atoms with Gasteiger partial charge in [-0.15, -0.1) is 0 Å². The van der Waals surface area contributed by atoms with Gasteiger partial charge in [0.25, 0.3) is 0 Å². The number of allylic oxidation sites excluding steroid dienone is 4. The Balaban J connectivity index is 1.05. The number of fused-ring (bicyclic) bond motifs is 14. The molecule has 0 N–H and O–H groups in total. The van der Waals surface area contributed by atoms with E-state index in [4.69, 9.17) is 15.7 Å². The van der Waals surface area contributed by atoms with Gasteiger partial charge < -0.3 is 14.1 Å². The van der Waals surface area contributed by atoms with Crippen LogP contribution < -0.4 is 9.64 Å². The summed E-state index contributed by atoms with van der Waals surface area (Å²) in [5.41, 5.74) is 18.7. The third-order valence-electron chi connectivity index (χ3n) is 14.9. The van der Waals surface area contributed by atoms with Crippen molar-refractivity contribution in [1.29, 1.82) is 0 Å². The van der Waals surface area contributed by atoms with Crippen LogP contribution in [0, 0.1) is 0 Å². The maximum atomic E-state index is 6.90. The van der Waals surface area contributed by atoms with Crippen LogP contribution in [-0.2, 0) is 10.8 Å². The second kappa shape index (κ2) is 14.2. The van der Waals surface area contributed by atoms with E-state index in [-0.39, 0.29) is 5.41 Å². The molecule has 0 atom stereocenters. The number of nitrogens with zero attached hydrogens (tertiary/aromatic N) is 1. The molecule has 1 aliphatic heterocycles. The Labute approximate surface area is 384 Å². The highest BCUT2D eigenvalue weighted by Gasteiger charge is 2.51. The van der Waals surface area contributed by atoms with Crippen molar-refractivity contribution >= 4 is 49.7 Å². The standard InChI is InChI=1S/C63H45NO2/c1-39(32-34-42-40(2)62(3,4)51-25-11-7-19-45(42)51)64(56-36-35-44(43-18-5-6-22-48(43)56)49-24-17-31-60-61(49)50-23-10-15-29-57(50)65-60)41-33-37-59-55(38-41)63(54-28-14-16-30-58(54)66-59)52-26-12-8-20-46(52)47-21-9-13-27-53(47)63/h5-38H,1H2,2-4H3/b34-32-. The second-order valence-corrected chi connectivity index (χ2v) is 18.4. The molecule has 3 aliphatic rings. The Morgan fingerprint density at radius 2 is 1.09 bits per heavy atom. The predicted octanol–water partition coefficient (Wildman–Crippen LogP) is 16.8. The van der Waals surface area contributed by atoms with Crippen LogP contribution in [0.3, 0.4) is 0 Å². The van der Waals surface area contributed by atoms with Crippen LogP contribution in [0.5, 0.6) is 11.5 Å². The monoisotopic (exact) mass is 847 g/mol. The van der Waals surface area contributed by atoms with E-state index in [1.54, 1.807) is 0 Å². The molecule has 3 nitrogen and oxygen atoms in total. The Kier molecular flexibility index (Phi) is 8.23. The van der Waals surface area contributed by atoms with Crippen LogP contribution in [0.2, 0.25) is 0 Å². The third-order valence-corrected chi connectivity index (χ3v) is 14.9. The third kappa shape index (κ3) is 5.26. The summed E-state index contributed by atoms with van der Waals surface area (Å²) in [5, 5.41) is 4.49. The predicted molar refractivity (Wildman–Crippen MR) is 273 cm³/mol. The molecule has 1 aromatic heterocycles. The van der Waals surface area contributed by atoms with Crippen molar-refractivity contribution in [2.75, 3.05) is 4.90 Å². The minimum Gasteiger partial charge on any atom is -0.457 e. The van der Waals surface area contributed by atoms with Crippen molar-refractivity contribution in [3.63, 3.8) is 0 Å². The van der Waals surface area contributed by atoms with Gasteiger partial charge in [-0.2, -0.15) is 0 Å². The molecule has 2 heterocycles. The van der Waals surface area contributed by atoms with Crippen molar-refractivity contribution in [3.05, 3.63) is 258 Å². The highest BCUT2D eigenvalue weighted by atomic mass is 16.5. The normalized spacial score (nSPS) is 14.9. The summed E-state index contributed by atoms with van der Waals surface area (Å²) < 4.78 is 13.3. The Morgan fingerprint density at radius 1 is 0.500 bits per heavy atom. The summed E-state index contributed by atoms with van der Waals surface area (Å²) in [6.45, 7) is 11.8. The van der Waals surface area contributed by atoms with Crippen molar-refractivity contribution in [1.82, 2.24) is 0 Å². The molecular formula is C63H45NO2. The van der Waals surface area contributed by atoms with E-state index in [9.17, 15) is 0 Å². The lowest BCUT2D eigenvalue weighted by Crippen LogP contribution is -2.32. The second-order valence-electron chi connectivity index (χ2n) is 18.4. The summed E-state index contributed by atoms with van der Waals surface area (Å²) in [4.78, 5) is 2.35. The van der Waals surface area contributed by atoms with Gasteiger partial charge in [0.15, 0.2) is 0 Å². The van der Waals surface area contributed by atoms with Crippen molar-refractivity contribution in [3.8, 4) is 33.8 Å². The lowest BCUT2D eigenvalue weighted by atomic mass is 9.66. The summed E-state index contributed by atoms with van der Waals surface area (Å²) >= 11 is 0. The van der Waals surface area contributed by atoms with E-state index >= 15 is 0 Å². The SMILES string of the molecule is C=C(/C=C\C1=C(C)C(C)(C)c2ccccc21)N(c1ccc2c(c1)C1(c3ccccc3O2)c2ccccc2-c2ccccc21)c1ccc(-c2cccc3oc4ccccc4c23)c2ccccc12. The number of hydrogen-bond donors (Lipinski definition) is 0. The average Bonchev–Trinajstić information content (AvgIpc) is 3.95. The Morgan fingerprint density at radius 3 is 1.86 bits per heavy atom. The molecule has 0 radical (unpaired) electrons. The van der Waals surface area contributed by atoms with E-state index < -0.39 is 5.41 Å². The van der Waals surface area contributed by atoms with Gasteiger partial charge in [0.1, 0.15) is 22.7 Å². The first-order valence-electron chi connectivity index (χ1n) is 22.9. The smallest absolute Gasteiger partial charge is 0.136 e. The van der Waals surface area contributed by atoms with Gasteiger partial charge in [-0.05, 0) is 111 Å². The first-order valence-corrected chi connectivity index (χ1v) is 22.9. The quantitative estimate of drug-likeness (QED) is 0.156. The molecule has 13 rings (SSSR count). The minimum absolute atomic E-state index is 0.0799. The van der Waals surface area contributed by atoms with E-state index in [1.165, 1.54) is 44.5 Å². The zero-order valence-electron chi connectivity index (χ0n) is 37.1. The molecule has 10 aromatic rings. The van der Waals surface area contributed by atoms with Crippen LogP contribution in [0.4, 0.5) is 11.4 Å². The molecule has 0 saturated heterocycles. The average molecular weight is 848 g/mol. The van der Waals surface area contributed by atoms with Gasteiger partial charge in [-0.25, -0.2) is 0 Å². The summed E-state index contributed by atoms with van der Waals surface area (Å²) in [6, 6.07) is 70.0. The molecular weight excluding hydrogens is 803 g/mol. The highest BCUT2D eigenvalue weighted by Crippen LogP contribution is 2.62. The van der Waals surface area contributed by atoms with Gasteiger partial charge in [0.05, 0.1) is 11.1 Å². The zero-order valence-corrected chi connectivity index (χ0v) is 37.1. The van der Waals surface area contributed by atoms with Crippen molar-refractivity contribution in [2.45, 2.75) is 31.6 Å². The summed E-state index contributed by atoms with van der Waals surface area (Å²) in [5.74, 6) is 1.72. The number of furan rings is 1. The molecule has 3 heteroatoms. The van der Waals surface area contributed by atoms with Gasteiger partial charge in [0, 0.05) is 44.1 Å². The summed E-state index contributed by atoms with van der Waals surface area (Å²) in [6.07, 6.45) is 4.49. The van der Waals surface area contributed by atoms with Crippen LogP contribution in [0.25, 0.3) is 60.5 Å². The maximum absolute atomic E-state index is 6.90. The molecule has 66 heavy (non-hydrogen) atoms. The number of para-hydroxylation sites is 2. The molecule has 1 spiro atoms. The fourth-order valence-corrected chi connectivity index (χ4v) is 11.6. The van der Waals surface area contributed by atoms with Crippen molar-refractivity contribution < 1.29 is 9.15 Å². The molecule has 9 aromatic carbocycles. The molecule has 2 aliphatic carbocycles. The van der Waals surface area contributed by atoms with Crippen LogP contribution in [-0.4, -0.2) is 0 Å². The largest absolute Gasteiger partial charge is 0.457 e. The zero-order chi connectivity index (χ0) is 44.3. The molecule has 0 bridgehead atoms. The molecule has 314 valence electrons. The fraction of sp³-hybridized carbons (Fsp3) is 0.0794. The topological polar surface area (TPSA) is 25.6 Å². The Bertz CT molecular complexity index is 3720. The van der Waals surface area contributed by atoms with Gasteiger partial charge in [0.2, 0.25) is 0 Å². The van der Waals surface area contributed by atoms with Crippen LogP contribution in [0.1, 0.15) is 54.2 Å². The highest BCUT2D eigenvalue weighted by molar-refractivity contribution is 6.16. The number of anilines is 2. The van der Waals surface area contributed by atoms with Gasteiger partial charge in [-0.1, -0.05) is 184 Å². The minimum atomic E-state index is -0.616. The van der Waals surface area contributed by atoms with E-state index in [2.05, 4.69) is 226 Å². The van der Waals surface area contributed by atoms with Crippen LogP contribution >= 0.6 is 0 Å². The van der Waals surface area contributed by atoms with E-state index in [1.807, 2.05) is 6.07 Å². The molecule has 0 saturated carbocycles. The number of benzene rings is 9. The number of rotatable bonds is 6. The van der Waals surface area contributed by atoms with Crippen LogP contribution in [0.15, 0.2) is 229 Å². The Hall–Kier alpha value is -8.14. The lowest BCUT2D eigenvalue weighted by molar-refractivity contribution is 0.436. The number of ether oxygens (including phenoxy) is 1. The maximum Gasteiger partial charge on any atom is 0.136 e. The molecule has 0 amide bonds. The molecule has 0 unspecified atom stereocenters. The fourth-order valence-electron chi connectivity index (χ4n) is 11.6. The first kappa shape index (κ1) is 38.3. The lowest BCUT2D eigenvalue weighted by Gasteiger charge is -2.40. The summed E-state index contributed by atoms with van der Waals surface area (Å²) in [7, 11) is 0.